The van der Waals surface area contributed by atoms with Crippen LogP contribution in [0.25, 0.3) is 0 Å². The summed E-state index contributed by atoms with van der Waals surface area (Å²) in [6.07, 6.45) is 0. The molecule has 0 atom stereocenters. The highest BCUT2D eigenvalue weighted by Gasteiger charge is 2.09. The van der Waals surface area contributed by atoms with Crippen molar-refractivity contribution in [1.82, 2.24) is 5.32 Å². The van der Waals surface area contributed by atoms with Crippen molar-refractivity contribution in [2.45, 2.75) is 6.61 Å². The Morgan fingerprint density at radius 3 is 2.70 bits per heavy atom. The van der Waals surface area contributed by atoms with Crippen LogP contribution in [0.15, 0.2) is 48.5 Å². The lowest BCUT2D eigenvalue weighted by Gasteiger charge is -2.07. The maximum atomic E-state index is 13.0. The lowest BCUT2D eigenvalue weighted by atomic mass is 10.1. The van der Waals surface area contributed by atoms with E-state index in [0.717, 1.165) is 6.07 Å². The SMILES string of the molecule is N#Cc1cccc(COC(=O)CNC(=O)c2cccc(F)c2)c1. The molecule has 0 aromatic heterocycles. The zero-order valence-corrected chi connectivity index (χ0v) is 12.1. The summed E-state index contributed by atoms with van der Waals surface area (Å²) in [7, 11) is 0. The third-order valence-electron chi connectivity index (χ3n) is 2.94. The van der Waals surface area contributed by atoms with E-state index in [1.54, 1.807) is 24.3 Å². The lowest BCUT2D eigenvalue weighted by molar-refractivity contribution is -0.143. The van der Waals surface area contributed by atoms with E-state index in [2.05, 4.69) is 5.32 Å². The Kier molecular flexibility index (Phi) is 5.42. The molecule has 0 heterocycles. The third-order valence-corrected chi connectivity index (χ3v) is 2.94. The molecule has 0 saturated carbocycles. The molecule has 1 amide bonds. The van der Waals surface area contributed by atoms with E-state index < -0.39 is 17.7 Å². The lowest BCUT2D eigenvalue weighted by Crippen LogP contribution is -2.30. The molecule has 2 rings (SSSR count). The van der Waals surface area contributed by atoms with Gasteiger partial charge in [-0.15, -0.1) is 0 Å². The molecule has 0 radical (unpaired) electrons. The predicted molar refractivity (Wildman–Crippen MR) is 79.7 cm³/mol. The van der Waals surface area contributed by atoms with Gasteiger partial charge in [0.2, 0.25) is 0 Å². The van der Waals surface area contributed by atoms with Gasteiger partial charge in [0.15, 0.2) is 0 Å². The molecule has 0 unspecified atom stereocenters. The Morgan fingerprint density at radius 1 is 1.17 bits per heavy atom. The first-order chi connectivity index (χ1) is 11.1. The van der Waals surface area contributed by atoms with E-state index in [1.165, 1.54) is 18.2 Å². The molecule has 0 bridgehead atoms. The number of esters is 1. The fourth-order valence-corrected chi connectivity index (χ4v) is 1.83. The molecule has 6 heteroatoms. The number of rotatable bonds is 5. The minimum absolute atomic E-state index is 0.00416. The minimum Gasteiger partial charge on any atom is -0.460 e. The summed E-state index contributed by atoms with van der Waals surface area (Å²) < 4.78 is 18.0. The number of hydrogen-bond donors (Lipinski definition) is 1. The van der Waals surface area contributed by atoms with Crippen LogP contribution in [0.4, 0.5) is 4.39 Å². The molecular weight excluding hydrogens is 299 g/mol. The molecule has 5 nitrogen and oxygen atoms in total. The van der Waals surface area contributed by atoms with E-state index in [4.69, 9.17) is 10.00 Å². The van der Waals surface area contributed by atoms with Crippen LogP contribution in [0.5, 0.6) is 0 Å². The van der Waals surface area contributed by atoms with Crippen molar-refractivity contribution < 1.29 is 18.7 Å². The van der Waals surface area contributed by atoms with Crippen molar-refractivity contribution in [3.05, 3.63) is 71.0 Å². The number of carbonyl (C=O) groups excluding carboxylic acids is 2. The zero-order valence-electron chi connectivity index (χ0n) is 12.1. The number of nitriles is 1. The smallest absolute Gasteiger partial charge is 0.325 e. The number of halogens is 1. The van der Waals surface area contributed by atoms with Crippen LogP contribution in [-0.2, 0) is 16.1 Å². The van der Waals surface area contributed by atoms with Crippen LogP contribution in [0.1, 0.15) is 21.5 Å². The Bertz CT molecular complexity index is 768. The van der Waals surface area contributed by atoms with Gasteiger partial charge in [0.05, 0.1) is 11.6 Å². The summed E-state index contributed by atoms with van der Waals surface area (Å²) in [6, 6.07) is 13.8. The number of amides is 1. The van der Waals surface area contributed by atoms with Crippen LogP contribution in [-0.4, -0.2) is 18.4 Å². The molecule has 23 heavy (non-hydrogen) atoms. The van der Waals surface area contributed by atoms with Gasteiger partial charge in [-0.05, 0) is 35.9 Å². The monoisotopic (exact) mass is 312 g/mol. The first-order valence-corrected chi connectivity index (χ1v) is 6.77. The highest BCUT2D eigenvalue weighted by atomic mass is 19.1. The molecule has 1 N–H and O–H groups in total. The van der Waals surface area contributed by atoms with Crippen LogP contribution in [0.2, 0.25) is 0 Å². The second kappa shape index (κ2) is 7.71. The van der Waals surface area contributed by atoms with Gasteiger partial charge in [-0.2, -0.15) is 5.26 Å². The molecule has 116 valence electrons. The predicted octanol–water partition coefficient (Wildman–Crippen LogP) is 2.17. The van der Waals surface area contributed by atoms with E-state index in [0.29, 0.717) is 11.1 Å². The number of nitrogens with zero attached hydrogens (tertiary/aromatic N) is 1. The second-order valence-corrected chi connectivity index (χ2v) is 4.67. The molecule has 0 aliphatic heterocycles. The van der Waals surface area contributed by atoms with Gasteiger partial charge in [-0.25, -0.2) is 4.39 Å². The first-order valence-electron chi connectivity index (χ1n) is 6.77. The summed E-state index contributed by atoms with van der Waals surface area (Å²) in [5.41, 5.74) is 1.27. The van der Waals surface area contributed by atoms with Crippen molar-refractivity contribution in [1.29, 1.82) is 5.26 Å². The minimum atomic E-state index is -0.628. The number of ether oxygens (including phenoxy) is 1. The quantitative estimate of drug-likeness (QED) is 0.858. The Labute approximate surface area is 132 Å². The number of nitrogens with one attached hydrogen (secondary N) is 1. The van der Waals surface area contributed by atoms with Crippen molar-refractivity contribution >= 4 is 11.9 Å². The molecule has 2 aromatic rings. The van der Waals surface area contributed by atoms with Crippen molar-refractivity contribution in [3.63, 3.8) is 0 Å². The Hall–Kier alpha value is -3.20. The van der Waals surface area contributed by atoms with Crippen LogP contribution >= 0.6 is 0 Å². The fraction of sp³-hybridized carbons (Fsp3) is 0.118. The zero-order chi connectivity index (χ0) is 16.7. The van der Waals surface area contributed by atoms with Gasteiger partial charge in [0.1, 0.15) is 19.0 Å². The number of benzene rings is 2. The van der Waals surface area contributed by atoms with Crippen LogP contribution in [0.3, 0.4) is 0 Å². The van der Waals surface area contributed by atoms with E-state index in [-0.39, 0.29) is 18.7 Å². The van der Waals surface area contributed by atoms with E-state index in [1.807, 2.05) is 6.07 Å². The molecule has 0 saturated heterocycles. The fourth-order valence-electron chi connectivity index (χ4n) is 1.83. The van der Waals surface area contributed by atoms with E-state index in [9.17, 15) is 14.0 Å². The maximum absolute atomic E-state index is 13.0. The summed E-state index contributed by atoms with van der Waals surface area (Å²) >= 11 is 0. The Morgan fingerprint density at radius 2 is 1.96 bits per heavy atom. The van der Waals surface area contributed by atoms with Gasteiger partial charge in [-0.1, -0.05) is 18.2 Å². The highest BCUT2D eigenvalue weighted by Crippen LogP contribution is 2.06. The second-order valence-electron chi connectivity index (χ2n) is 4.67. The molecule has 0 spiro atoms. The van der Waals surface area contributed by atoms with Gasteiger partial charge in [0.25, 0.3) is 5.91 Å². The average Bonchev–Trinajstić information content (AvgIpc) is 2.58. The standard InChI is InChI=1S/C17H13FN2O3/c18-15-6-2-5-14(8-15)17(22)20-10-16(21)23-11-13-4-1-3-12(7-13)9-19/h1-8H,10-11H2,(H,20,22). The first kappa shape index (κ1) is 16.2. The molecule has 0 fully saturated rings. The Balaban J connectivity index is 1.81. The van der Waals surface area contributed by atoms with Crippen LogP contribution < -0.4 is 5.32 Å². The van der Waals surface area contributed by atoms with Crippen molar-refractivity contribution in [2.75, 3.05) is 6.54 Å². The molecule has 2 aromatic carbocycles. The summed E-state index contributed by atoms with van der Waals surface area (Å²) in [6.45, 7) is -0.322. The van der Waals surface area contributed by atoms with Crippen molar-refractivity contribution in [2.24, 2.45) is 0 Å². The summed E-state index contributed by atoms with van der Waals surface area (Å²) in [5.74, 6) is -1.72. The average molecular weight is 312 g/mol. The summed E-state index contributed by atoms with van der Waals surface area (Å²) in [4.78, 5) is 23.3. The largest absolute Gasteiger partial charge is 0.460 e. The van der Waals surface area contributed by atoms with Crippen molar-refractivity contribution in [3.8, 4) is 6.07 Å². The van der Waals surface area contributed by atoms with E-state index >= 15 is 0 Å². The molecular formula is C17H13FN2O3. The van der Waals surface area contributed by atoms with Crippen LogP contribution in [0, 0.1) is 17.1 Å². The molecule has 0 aliphatic rings. The topological polar surface area (TPSA) is 79.2 Å². The van der Waals surface area contributed by atoms with Gasteiger partial charge in [-0.3, -0.25) is 9.59 Å². The number of hydrogen-bond acceptors (Lipinski definition) is 4. The highest BCUT2D eigenvalue weighted by molar-refractivity contribution is 5.95. The normalized spacial score (nSPS) is 9.74. The van der Waals surface area contributed by atoms with Gasteiger partial charge >= 0.3 is 5.97 Å². The maximum Gasteiger partial charge on any atom is 0.325 e. The third kappa shape index (κ3) is 4.93. The molecule has 0 aliphatic carbocycles. The summed E-state index contributed by atoms with van der Waals surface area (Å²) in [5, 5.41) is 11.1. The number of carbonyl (C=O) groups is 2. The van der Waals surface area contributed by atoms with Gasteiger partial charge in [0, 0.05) is 5.56 Å². The van der Waals surface area contributed by atoms with Gasteiger partial charge < -0.3 is 10.1 Å².